The maximum absolute atomic E-state index is 13.0. The van der Waals surface area contributed by atoms with Crippen molar-refractivity contribution in [3.05, 3.63) is 35.4 Å². The fourth-order valence-corrected chi connectivity index (χ4v) is 5.11. The first-order valence-corrected chi connectivity index (χ1v) is 11.8. The third-order valence-electron chi connectivity index (χ3n) is 7.16. The van der Waals surface area contributed by atoms with Gasteiger partial charge in [-0.2, -0.15) is 13.2 Å². The topological polar surface area (TPSA) is 60.9 Å². The second-order valence-electron chi connectivity index (χ2n) is 9.27. The molecular formula is C24H30F3N3O3. The summed E-state index contributed by atoms with van der Waals surface area (Å²) in [5.41, 5.74) is -0.563. The lowest BCUT2D eigenvalue weighted by atomic mass is 9.91. The smallest absolute Gasteiger partial charge is 0.342 e. The number of hydrogen-bond donors (Lipinski definition) is 0. The molecule has 1 aromatic carbocycles. The highest BCUT2D eigenvalue weighted by Gasteiger charge is 2.35. The molecule has 0 spiro atoms. The van der Waals surface area contributed by atoms with Crippen LogP contribution in [0.5, 0.6) is 0 Å². The first kappa shape index (κ1) is 23.6. The van der Waals surface area contributed by atoms with Gasteiger partial charge in [0.1, 0.15) is 0 Å². The molecule has 0 bridgehead atoms. The molecule has 0 unspecified atom stereocenters. The molecule has 3 fully saturated rings. The fourth-order valence-electron chi connectivity index (χ4n) is 5.11. The van der Waals surface area contributed by atoms with Gasteiger partial charge in [0.25, 0.3) is 5.91 Å². The standard InChI is InChI=1S/C24H30F3N3O3/c25-24(26,27)20-5-3-17(4-6-20)21(31)29-13-9-19(10-14-29)23(33)30-15-7-18(8-16-30)22(32)28-11-1-2-12-28/h3-6,18-19H,1-2,7-16H2. The van der Waals surface area contributed by atoms with E-state index in [9.17, 15) is 27.6 Å². The maximum Gasteiger partial charge on any atom is 0.416 e. The molecule has 33 heavy (non-hydrogen) atoms. The fraction of sp³-hybridized carbons (Fsp3) is 0.625. The minimum absolute atomic E-state index is 0.00959. The van der Waals surface area contributed by atoms with Gasteiger partial charge in [0.2, 0.25) is 11.8 Å². The van der Waals surface area contributed by atoms with Crippen LogP contribution in [0.25, 0.3) is 0 Å². The van der Waals surface area contributed by atoms with Crippen LogP contribution in [0, 0.1) is 11.8 Å². The van der Waals surface area contributed by atoms with Gasteiger partial charge in [-0.05, 0) is 62.8 Å². The molecule has 0 N–H and O–H groups in total. The van der Waals surface area contributed by atoms with E-state index in [-0.39, 0.29) is 35.1 Å². The van der Waals surface area contributed by atoms with Gasteiger partial charge in [0.15, 0.2) is 0 Å². The lowest BCUT2D eigenvalue weighted by molar-refractivity contribution is -0.142. The molecule has 3 heterocycles. The number of likely N-dealkylation sites (tertiary alicyclic amines) is 3. The number of amides is 3. The van der Waals surface area contributed by atoms with E-state index in [2.05, 4.69) is 0 Å². The third kappa shape index (κ3) is 5.33. The predicted molar refractivity (Wildman–Crippen MR) is 115 cm³/mol. The summed E-state index contributed by atoms with van der Waals surface area (Å²) >= 11 is 0. The highest BCUT2D eigenvalue weighted by atomic mass is 19.4. The van der Waals surface area contributed by atoms with Crippen molar-refractivity contribution in [1.82, 2.24) is 14.7 Å². The van der Waals surface area contributed by atoms with Crippen LogP contribution in [0.2, 0.25) is 0 Å². The zero-order valence-corrected chi connectivity index (χ0v) is 18.6. The molecule has 4 rings (SSSR count). The van der Waals surface area contributed by atoms with Crippen molar-refractivity contribution in [1.29, 1.82) is 0 Å². The van der Waals surface area contributed by atoms with E-state index in [1.54, 1.807) is 4.90 Å². The Labute approximate surface area is 191 Å². The normalized spacial score (nSPS) is 20.9. The summed E-state index contributed by atoms with van der Waals surface area (Å²) in [5, 5.41) is 0. The van der Waals surface area contributed by atoms with E-state index >= 15 is 0 Å². The minimum atomic E-state index is -4.43. The van der Waals surface area contributed by atoms with Gasteiger partial charge >= 0.3 is 6.18 Å². The first-order chi connectivity index (χ1) is 15.7. The van der Waals surface area contributed by atoms with Crippen LogP contribution in [0.4, 0.5) is 13.2 Å². The third-order valence-corrected chi connectivity index (χ3v) is 7.16. The van der Waals surface area contributed by atoms with Gasteiger partial charge in [-0.25, -0.2) is 0 Å². The van der Waals surface area contributed by atoms with Gasteiger partial charge in [0, 0.05) is 56.7 Å². The average molecular weight is 466 g/mol. The Balaban J connectivity index is 1.24. The summed E-state index contributed by atoms with van der Waals surface area (Å²) in [6.07, 6.45) is 0.191. The van der Waals surface area contributed by atoms with Crippen molar-refractivity contribution in [2.45, 2.75) is 44.7 Å². The van der Waals surface area contributed by atoms with Crippen LogP contribution < -0.4 is 0 Å². The van der Waals surface area contributed by atoms with E-state index < -0.39 is 11.7 Å². The van der Waals surface area contributed by atoms with Crippen LogP contribution in [-0.2, 0) is 15.8 Å². The predicted octanol–water partition coefficient (Wildman–Crippen LogP) is 3.42. The van der Waals surface area contributed by atoms with Gasteiger partial charge in [-0.1, -0.05) is 0 Å². The van der Waals surface area contributed by atoms with E-state index in [4.69, 9.17) is 0 Å². The number of carbonyl (C=O) groups excluding carboxylic acids is 3. The maximum atomic E-state index is 13.0. The number of halogens is 3. The molecule has 3 aliphatic rings. The lowest BCUT2D eigenvalue weighted by Gasteiger charge is -2.37. The quantitative estimate of drug-likeness (QED) is 0.687. The van der Waals surface area contributed by atoms with Gasteiger partial charge in [-0.3, -0.25) is 14.4 Å². The van der Waals surface area contributed by atoms with Crippen LogP contribution in [0.1, 0.15) is 54.4 Å². The Morgan fingerprint density at radius 3 is 1.55 bits per heavy atom. The molecule has 0 aromatic heterocycles. The van der Waals surface area contributed by atoms with E-state index in [1.165, 1.54) is 12.1 Å². The number of carbonyl (C=O) groups is 3. The van der Waals surface area contributed by atoms with Crippen LogP contribution in [-0.4, -0.2) is 71.7 Å². The second kappa shape index (κ2) is 9.73. The van der Waals surface area contributed by atoms with Gasteiger partial charge in [-0.15, -0.1) is 0 Å². The molecule has 6 nitrogen and oxygen atoms in total. The molecule has 3 saturated heterocycles. The van der Waals surface area contributed by atoms with Crippen molar-refractivity contribution in [3.8, 4) is 0 Å². The minimum Gasteiger partial charge on any atom is -0.342 e. The summed E-state index contributed by atoms with van der Waals surface area (Å²) in [6, 6.07) is 4.25. The number of nitrogens with zero attached hydrogens (tertiary/aromatic N) is 3. The Morgan fingerprint density at radius 2 is 1.09 bits per heavy atom. The molecule has 3 amide bonds. The Bertz CT molecular complexity index is 865. The largest absolute Gasteiger partial charge is 0.416 e. The van der Waals surface area contributed by atoms with E-state index in [0.717, 1.165) is 38.1 Å². The molecule has 0 radical (unpaired) electrons. The molecular weight excluding hydrogens is 435 g/mol. The van der Waals surface area contributed by atoms with Crippen molar-refractivity contribution >= 4 is 17.7 Å². The number of piperidine rings is 2. The van der Waals surface area contributed by atoms with E-state index in [1.807, 2.05) is 9.80 Å². The molecule has 9 heteroatoms. The summed E-state index contributed by atoms with van der Waals surface area (Å²) in [6.45, 7) is 3.69. The Morgan fingerprint density at radius 1 is 0.667 bits per heavy atom. The van der Waals surface area contributed by atoms with Crippen molar-refractivity contribution in [2.75, 3.05) is 39.3 Å². The highest BCUT2D eigenvalue weighted by molar-refractivity contribution is 5.94. The molecule has 0 saturated carbocycles. The average Bonchev–Trinajstić information content (AvgIpc) is 3.37. The van der Waals surface area contributed by atoms with E-state index in [0.29, 0.717) is 51.9 Å². The molecule has 0 atom stereocenters. The number of benzene rings is 1. The summed E-state index contributed by atoms with van der Waals surface area (Å²) in [4.78, 5) is 43.6. The van der Waals surface area contributed by atoms with Crippen molar-refractivity contribution in [2.24, 2.45) is 11.8 Å². The monoisotopic (exact) mass is 465 g/mol. The molecule has 1 aromatic rings. The number of hydrogen-bond acceptors (Lipinski definition) is 3. The van der Waals surface area contributed by atoms with Gasteiger partial charge in [0.05, 0.1) is 5.56 Å². The Hall–Kier alpha value is -2.58. The van der Waals surface area contributed by atoms with Crippen molar-refractivity contribution < 1.29 is 27.6 Å². The summed E-state index contributed by atoms with van der Waals surface area (Å²) < 4.78 is 38.2. The molecule has 180 valence electrons. The molecule has 3 aliphatic heterocycles. The zero-order valence-electron chi connectivity index (χ0n) is 18.6. The highest BCUT2D eigenvalue weighted by Crippen LogP contribution is 2.30. The van der Waals surface area contributed by atoms with Crippen LogP contribution >= 0.6 is 0 Å². The summed E-state index contributed by atoms with van der Waals surface area (Å²) in [7, 11) is 0. The SMILES string of the molecule is O=C(c1ccc(C(F)(F)F)cc1)N1CCC(C(=O)N2CCC(C(=O)N3CCCC3)CC2)CC1. The second-order valence-corrected chi connectivity index (χ2v) is 9.27. The van der Waals surface area contributed by atoms with Crippen LogP contribution in [0.15, 0.2) is 24.3 Å². The molecule has 0 aliphatic carbocycles. The zero-order chi connectivity index (χ0) is 23.6. The Kier molecular flexibility index (Phi) is 6.95. The number of alkyl halides is 3. The first-order valence-electron chi connectivity index (χ1n) is 11.8. The lowest BCUT2D eigenvalue weighted by Crippen LogP contribution is -2.48. The van der Waals surface area contributed by atoms with Gasteiger partial charge < -0.3 is 14.7 Å². The van der Waals surface area contributed by atoms with Crippen LogP contribution in [0.3, 0.4) is 0 Å². The number of rotatable bonds is 3. The summed E-state index contributed by atoms with van der Waals surface area (Å²) in [5.74, 6) is -0.142. The van der Waals surface area contributed by atoms with Crippen molar-refractivity contribution in [3.63, 3.8) is 0 Å².